The topological polar surface area (TPSA) is 53.2 Å². The molecule has 0 aromatic heterocycles. The van der Waals surface area contributed by atoms with Crippen molar-refractivity contribution in [2.45, 2.75) is 23.7 Å². The second-order valence-corrected chi connectivity index (χ2v) is 5.73. The van der Waals surface area contributed by atoms with Gasteiger partial charge in [-0.3, -0.25) is 0 Å². The zero-order chi connectivity index (χ0) is 15.2. The van der Waals surface area contributed by atoms with E-state index >= 15 is 0 Å². The molecule has 0 saturated heterocycles. The number of aliphatic hydroxyl groups is 1. The van der Waals surface area contributed by atoms with Gasteiger partial charge in [-0.1, -0.05) is 18.2 Å². The minimum atomic E-state index is -0.438. The van der Waals surface area contributed by atoms with Crippen molar-refractivity contribution in [1.82, 2.24) is 0 Å². The van der Waals surface area contributed by atoms with E-state index in [9.17, 15) is 5.11 Å². The van der Waals surface area contributed by atoms with E-state index in [-0.39, 0.29) is 0 Å². The number of methoxy groups -OCH3 is 1. The highest BCUT2D eigenvalue weighted by atomic mass is 32.2. The number of benzene rings is 2. The van der Waals surface area contributed by atoms with Gasteiger partial charge in [-0.25, -0.2) is 0 Å². The Labute approximate surface area is 129 Å². The summed E-state index contributed by atoms with van der Waals surface area (Å²) in [5.41, 5.74) is 2.57. The first-order valence-electron chi connectivity index (χ1n) is 6.62. The molecule has 4 heteroatoms. The average Bonchev–Trinajstić information content (AvgIpc) is 2.52. The van der Waals surface area contributed by atoms with Crippen LogP contribution in [0.15, 0.2) is 47.4 Å². The number of rotatable bonds is 5. The number of nitrogens with zero attached hydrogens (tertiary/aromatic N) is 1. The molecule has 2 aromatic carbocycles. The summed E-state index contributed by atoms with van der Waals surface area (Å²) < 4.78 is 5.21. The second kappa shape index (κ2) is 7.16. The first-order chi connectivity index (χ1) is 10.1. The number of hydrogen-bond acceptors (Lipinski definition) is 4. The number of ether oxygens (including phenoxy) is 1. The third kappa shape index (κ3) is 4.01. The molecular weight excluding hydrogens is 282 g/mol. The normalized spacial score (nSPS) is 11.7. The fraction of sp³-hybridized carbons (Fsp3) is 0.235. The third-order valence-electron chi connectivity index (χ3n) is 3.15. The summed E-state index contributed by atoms with van der Waals surface area (Å²) in [6, 6.07) is 15.6. The molecule has 0 bridgehead atoms. The Bertz CT molecular complexity index is 645. The molecular formula is C17H17NO2S. The van der Waals surface area contributed by atoms with Crippen LogP contribution >= 0.6 is 11.8 Å². The zero-order valence-electron chi connectivity index (χ0n) is 12.0. The van der Waals surface area contributed by atoms with Gasteiger partial charge >= 0.3 is 0 Å². The highest BCUT2D eigenvalue weighted by Gasteiger charge is 2.05. The Morgan fingerprint density at radius 2 is 1.95 bits per heavy atom. The molecule has 21 heavy (non-hydrogen) atoms. The molecule has 0 spiro atoms. The minimum absolute atomic E-state index is 0.438. The number of thioether (sulfide) groups is 1. The lowest BCUT2D eigenvalue weighted by atomic mass is 10.1. The molecule has 0 aliphatic carbocycles. The van der Waals surface area contributed by atoms with Crippen LogP contribution in [0.25, 0.3) is 0 Å². The van der Waals surface area contributed by atoms with Gasteiger partial charge in [0.05, 0.1) is 18.8 Å². The summed E-state index contributed by atoms with van der Waals surface area (Å²) in [4.78, 5) is 1.14. The summed E-state index contributed by atoms with van der Waals surface area (Å²) in [5.74, 6) is 1.41. The lowest BCUT2D eigenvalue weighted by Gasteiger charge is -2.08. The van der Waals surface area contributed by atoms with Crippen LogP contribution < -0.4 is 4.74 Å². The smallest absolute Gasteiger partial charge is 0.136 e. The minimum Gasteiger partial charge on any atom is -0.495 e. The van der Waals surface area contributed by atoms with Crippen LogP contribution in [0.4, 0.5) is 0 Å². The first-order valence-corrected chi connectivity index (χ1v) is 7.60. The fourth-order valence-electron chi connectivity index (χ4n) is 1.93. The third-order valence-corrected chi connectivity index (χ3v) is 4.24. The predicted octanol–water partition coefficient (Wildman–Crippen LogP) is 3.91. The monoisotopic (exact) mass is 299 g/mol. The second-order valence-electron chi connectivity index (χ2n) is 4.68. The molecule has 0 fully saturated rings. The van der Waals surface area contributed by atoms with E-state index in [1.807, 2.05) is 36.4 Å². The number of nitriles is 1. The predicted molar refractivity (Wildman–Crippen MR) is 84.3 cm³/mol. The van der Waals surface area contributed by atoms with E-state index in [0.717, 1.165) is 21.8 Å². The van der Waals surface area contributed by atoms with Crippen molar-refractivity contribution in [3.8, 4) is 11.8 Å². The standard InChI is InChI=1S/C17H17NO2S/c1-12(19)14-5-7-16(8-6-14)21-11-13-3-4-15(10-18)17(9-13)20-2/h3-9,12,19H,11H2,1-2H3. The van der Waals surface area contributed by atoms with E-state index in [1.54, 1.807) is 31.9 Å². The largest absolute Gasteiger partial charge is 0.495 e. The molecule has 0 aliphatic rings. The van der Waals surface area contributed by atoms with Gasteiger partial charge in [-0.05, 0) is 42.3 Å². The molecule has 2 rings (SSSR count). The van der Waals surface area contributed by atoms with Crippen molar-refractivity contribution >= 4 is 11.8 Å². The maximum Gasteiger partial charge on any atom is 0.136 e. The summed E-state index contributed by atoms with van der Waals surface area (Å²) in [6.07, 6.45) is -0.438. The molecule has 0 aliphatic heterocycles. The SMILES string of the molecule is COc1cc(CSc2ccc(C(C)O)cc2)ccc1C#N. The number of aliphatic hydroxyl groups excluding tert-OH is 1. The van der Waals surface area contributed by atoms with E-state index in [1.165, 1.54) is 0 Å². The summed E-state index contributed by atoms with van der Waals surface area (Å²) >= 11 is 1.71. The van der Waals surface area contributed by atoms with Crippen LogP contribution in [-0.4, -0.2) is 12.2 Å². The number of hydrogen-bond donors (Lipinski definition) is 1. The molecule has 0 radical (unpaired) electrons. The first kappa shape index (κ1) is 15.4. The van der Waals surface area contributed by atoms with Crippen LogP contribution in [0.3, 0.4) is 0 Å². The van der Waals surface area contributed by atoms with Crippen molar-refractivity contribution in [3.63, 3.8) is 0 Å². The Balaban J connectivity index is 2.04. The Morgan fingerprint density at radius 1 is 1.24 bits per heavy atom. The quantitative estimate of drug-likeness (QED) is 0.850. The van der Waals surface area contributed by atoms with E-state index in [4.69, 9.17) is 10.00 Å². The molecule has 1 atom stereocenters. The van der Waals surface area contributed by atoms with Gasteiger partial charge in [0, 0.05) is 10.6 Å². The van der Waals surface area contributed by atoms with Crippen LogP contribution in [0, 0.1) is 11.3 Å². The highest BCUT2D eigenvalue weighted by molar-refractivity contribution is 7.98. The lowest BCUT2D eigenvalue weighted by Crippen LogP contribution is -1.91. The van der Waals surface area contributed by atoms with Crippen LogP contribution in [0.1, 0.15) is 29.7 Å². The molecule has 1 unspecified atom stereocenters. The van der Waals surface area contributed by atoms with Gasteiger partial charge in [-0.2, -0.15) is 5.26 Å². The van der Waals surface area contributed by atoms with Gasteiger partial charge in [0.25, 0.3) is 0 Å². The maximum atomic E-state index is 9.48. The highest BCUT2D eigenvalue weighted by Crippen LogP contribution is 2.27. The maximum absolute atomic E-state index is 9.48. The fourth-order valence-corrected chi connectivity index (χ4v) is 2.77. The Kier molecular flexibility index (Phi) is 5.26. The van der Waals surface area contributed by atoms with Gasteiger partial charge in [0.1, 0.15) is 11.8 Å². The van der Waals surface area contributed by atoms with Crippen LogP contribution in [-0.2, 0) is 5.75 Å². The van der Waals surface area contributed by atoms with Gasteiger partial charge in [-0.15, -0.1) is 11.8 Å². The molecule has 108 valence electrons. The van der Waals surface area contributed by atoms with E-state index in [2.05, 4.69) is 6.07 Å². The Hall–Kier alpha value is -1.96. The summed E-state index contributed by atoms with van der Waals surface area (Å²) in [7, 11) is 1.57. The zero-order valence-corrected chi connectivity index (χ0v) is 12.9. The van der Waals surface area contributed by atoms with Crippen LogP contribution in [0.5, 0.6) is 5.75 Å². The average molecular weight is 299 g/mol. The Morgan fingerprint density at radius 3 is 2.52 bits per heavy atom. The molecule has 3 nitrogen and oxygen atoms in total. The van der Waals surface area contributed by atoms with Gasteiger partial charge in [0.2, 0.25) is 0 Å². The van der Waals surface area contributed by atoms with E-state index < -0.39 is 6.10 Å². The molecule has 0 saturated carbocycles. The van der Waals surface area contributed by atoms with E-state index in [0.29, 0.717) is 11.3 Å². The summed E-state index contributed by atoms with van der Waals surface area (Å²) in [6.45, 7) is 1.76. The van der Waals surface area contributed by atoms with Crippen molar-refractivity contribution in [2.75, 3.05) is 7.11 Å². The van der Waals surface area contributed by atoms with Gasteiger partial charge < -0.3 is 9.84 Å². The molecule has 2 aromatic rings. The van der Waals surface area contributed by atoms with Crippen molar-refractivity contribution in [1.29, 1.82) is 5.26 Å². The molecule has 0 amide bonds. The molecule has 1 N–H and O–H groups in total. The van der Waals surface area contributed by atoms with Gasteiger partial charge in [0.15, 0.2) is 0 Å². The van der Waals surface area contributed by atoms with Crippen LogP contribution in [0.2, 0.25) is 0 Å². The van der Waals surface area contributed by atoms with Crippen molar-refractivity contribution < 1.29 is 9.84 Å². The van der Waals surface area contributed by atoms with Crippen molar-refractivity contribution in [2.24, 2.45) is 0 Å². The summed E-state index contributed by atoms with van der Waals surface area (Å²) in [5, 5.41) is 18.4. The van der Waals surface area contributed by atoms with Crippen molar-refractivity contribution in [3.05, 3.63) is 59.2 Å². The lowest BCUT2D eigenvalue weighted by molar-refractivity contribution is 0.199. The molecule has 0 heterocycles.